The molecule has 0 saturated heterocycles. The van der Waals surface area contributed by atoms with Crippen molar-refractivity contribution in [2.75, 3.05) is 0 Å². The standard InChI is InChI=1S/C17H18N2O2/c1-3-7-13-16-12(10-14(18-13)17(20)21)11-8-5-6-9-15(11)19(16)4-2/h5-6,8-10H,3-4,7H2,1-2H3,(H,20,21). The average molecular weight is 282 g/mol. The molecule has 3 aromatic rings. The van der Waals surface area contributed by atoms with E-state index < -0.39 is 5.97 Å². The molecule has 4 heteroatoms. The predicted octanol–water partition coefficient (Wildman–Crippen LogP) is 3.86. The molecule has 1 N–H and O–H groups in total. The highest BCUT2D eigenvalue weighted by molar-refractivity contribution is 6.10. The first kappa shape index (κ1) is 13.6. The second kappa shape index (κ2) is 5.20. The lowest BCUT2D eigenvalue weighted by atomic mass is 10.1. The van der Waals surface area contributed by atoms with Crippen molar-refractivity contribution in [1.29, 1.82) is 0 Å². The number of aryl methyl sites for hydroxylation is 2. The van der Waals surface area contributed by atoms with Gasteiger partial charge in [-0.2, -0.15) is 0 Å². The fourth-order valence-electron chi connectivity index (χ4n) is 3.00. The minimum Gasteiger partial charge on any atom is -0.477 e. The van der Waals surface area contributed by atoms with E-state index in [4.69, 9.17) is 0 Å². The molecule has 0 unspecified atom stereocenters. The van der Waals surface area contributed by atoms with Crippen LogP contribution in [-0.2, 0) is 13.0 Å². The molecule has 0 radical (unpaired) electrons. The molecule has 21 heavy (non-hydrogen) atoms. The topological polar surface area (TPSA) is 55.1 Å². The maximum atomic E-state index is 11.3. The number of carboxylic acid groups (broad SMARTS) is 1. The third kappa shape index (κ3) is 2.07. The molecule has 0 aliphatic carbocycles. The Hall–Kier alpha value is -2.36. The maximum Gasteiger partial charge on any atom is 0.354 e. The van der Waals surface area contributed by atoms with Crippen molar-refractivity contribution in [3.63, 3.8) is 0 Å². The number of pyridine rings is 1. The highest BCUT2D eigenvalue weighted by atomic mass is 16.4. The van der Waals surface area contributed by atoms with E-state index >= 15 is 0 Å². The molecule has 0 bridgehead atoms. The van der Waals surface area contributed by atoms with Gasteiger partial charge in [-0.25, -0.2) is 9.78 Å². The summed E-state index contributed by atoms with van der Waals surface area (Å²) in [5.41, 5.74) is 3.22. The van der Waals surface area contributed by atoms with Crippen LogP contribution in [0, 0.1) is 0 Å². The maximum absolute atomic E-state index is 11.3. The van der Waals surface area contributed by atoms with Crippen LogP contribution in [0.1, 0.15) is 36.5 Å². The van der Waals surface area contributed by atoms with Crippen molar-refractivity contribution < 1.29 is 9.90 Å². The Kier molecular flexibility index (Phi) is 3.37. The zero-order valence-corrected chi connectivity index (χ0v) is 12.3. The van der Waals surface area contributed by atoms with E-state index in [9.17, 15) is 9.90 Å². The van der Waals surface area contributed by atoms with Gasteiger partial charge in [-0.1, -0.05) is 31.5 Å². The molecule has 0 aliphatic rings. The minimum absolute atomic E-state index is 0.130. The Morgan fingerprint density at radius 2 is 2.00 bits per heavy atom. The zero-order valence-electron chi connectivity index (χ0n) is 12.3. The van der Waals surface area contributed by atoms with Crippen LogP contribution in [0.15, 0.2) is 30.3 Å². The average Bonchev–Trinajstić information content (AvgIpc) is 2.81. The summed E-state index contributed by atoms with van der Waals surface area (Å²) in [4.78, 5) is 15.7. The summed E-state index contributed by atoms with van der Waals surface area (Å²) in [6.45, 7) is 5.03. The number of fused-ring (bicyclic) bond motifs is 3. The van der Waals surface area contributed by atoms with Crippen LogP contribution in [0.5, 0.6) is 0 Å². The number of benzene rings is 1. The molecule has 0 spiro atoms. The second-order valence-electron chi connectivity index (χ2n) is 5.17. The van der Waals surface area contributed by atoms with Crippen molar-refractivity contribution >= 4 is 27.8 Å². The first-order valence-corrected chi connectivity index (χ1v) is 7.31. The smallest absolute Gasteiger partial charge is 0.354 e. The predicted molar refractivity (Wildman–Crippen MR) is 83.9 cm³/mol. The molecule has 0 aliphatic heterocycles. The molecule has 0 amide bonds. The first-order valence-electron chi connectivity index (χ1n) is 7.31. The molecule has 0 saturated carbocycles. The van der Waals surface area contributed by atoms with Gasteiger partial charge >= 0.3 is 5.97 Å². The third-order valence-corrected chi connectivity index (χ3v) is 3.84. The number of carbonyl (C=O) groups is 1. The van der Waals surface area contributed by atoms with Crippen LogP contribution in [-0.4, -0.2) is 20.6 Å². The van der Waals surface area contributed by atoms with E-state index in [1.807, 2.05) is 18.2 Å². The summed E-state index contributed by atoms with van der Waals surface area (Å²) >= 11 is 0. The summed E-state index contributed by atoms with van der Waals surface area (Å²) in [5, 5.41) is 11.4. The number of hydrogen-bond donors (Lipinski definition) is 1. The van der Waals surface area contributed by atoms with Gasteiger partial charge in [-0.3, -0.25) is 0 Å². The number of rotatable bonds is 4. The van der Waals surface area contributed by atoms with Crippen molar-refractivity contribution in [1.82, 2.24) is 9.55 Å². The normalized spacial score (nSPS) is 11.3. The molecule has 2 aromatic heterocycles. The lowest BCUT2D eigenvalue weighted by molar-refractivity contribution is 0.0690. The second-order valence-corrected chi connectivity index (χ2v) is 5.17. The Balaban J connectivity index is 2.49. The number of aromatic carboxylic acids is 1. The van der Waals surface area contributed by atoms with Crippen molar-refractivity contribution in [2.24, 2.45) is 0 Å². The van der Waals surface area contributed by atoms with E-state index in [0.29, 0.717) is 0 Å². The Bertz CT molecular complexity index is 834. The molecule has 3 rings (SSSR count). The Labute approximate surface area is 123 Å². The van der Waals surface area contributed by atoms with Crippen LogP contribution in [0.3, 0.4) is 0 Å². The molecule has 108 valence electrons. The molecule has 2 heterocycles. The number of nitrogens with zero attached hydrogens (tertiary/aromatic N) is 2. The summed E-state index contributed by atoms with van der Waals surface area (Å²) in [6, 6.07) is 9.83. The SMILES string of the molecule is CCCc1nc(C(=O)O)cc2c3ccccc3n(CC)c12. The summed E-state index contributed by atoms with van der Waals surface area (Å²) in [5.74, 6) is -0.970. The van der Waals surface area contributed by atoms with Crippen molar-refractivity contribution in [3.05, 3.63) is 41.7 Å². The van der Waals surface area contributed by atoms with E-state index in [0.717, 1.165) is 46.9 Å². The fourth-order valence-corrected chi connectivity index (χ4v) is 3.00. The van der Waals surface area contributed by atoms with Gasteiger partial charge in [-0.15, -0.1) is 0 Å². The van der Waals surface area contributed by atoms with Gasteiger partial charge in [0.05, 0.1) is 11.2 Å². The van der Waals surface area contributed by atoms with E-state index in [1.54, 1.807) is 6.07 Å². The van der Waals surface area contributed by atoms with Crippen LogP contribution in [0.4, 0.5) is 0 Å². The van der Waals surface area contributed by atoms with E-state index in [2.05, 4.69) is 29.5 Å². The third-order valence-electron chi connectivity index (χ3n) is 3.84. The Morgan fingerprint density at radius 3 is 2.67 bits per heavy atom. The quantitative estimate of drug-likeness (QED) is 0.790. The number of para-hydroxylation sites is 1. The summed E-state index contributed by atoms with van der Waals surface area (Å²) in [6.07, 6.45) is 1.73. The van der Waals surface area contributed by atoms with Gasteiger partial charge in [0, 0.05) is 22.8 Å². The zero-order chi connectivity index (χ0) is 15.0. The highest BCUT2D eigenvalue weighted by Gasteiger charge is 2.17. The van der Waals surface area contributed by atoms with Crippen molar-refractivity contribution in [3.8, 4) is 0 Å². The Morgan fingerprint density at radius 1 is 1.24 bits per heavy atom. The van der Waals surface area contributed by atoms with Gasteiger partial charge in [0.1, 0.15) is 5.69 Å². The highest BCUT2D eigenvalue weighted by Crippen LogP contribution is 2.31. The van der Waals surface area contributed by atoms with Crippen LogP contribution in [0.25, 0.3) is 21.8 Å². The van der Waals surface area contributed by atoms with Crippen LogP contribution >= 0.6 is 0 Å². The van der Waals surface area contributed by atoms with Gasteiger partial charge in [0.15, 0.2) is 0 Å². The molecular weight excluding hydrogens is 264 g/mol. The minimum atomic E-state index is -0.970. The molecule has 0 atom stereocenters. The largest absolute Gasteiger partial charge is 0.477 e. The van der Waals surface area contributed by atoms with Crippen molar-refractivity contribution in [2.45, 2.75) is 33.2 Å². The van der Waals surface area contributed by atoms with Crippen LogP contribution < -0.4 is 0 Å². The van der Waals surface area contributed by atoms with Gasteiger partial charge in [0.25, 0.3) is 0 Å². The lowest BCUT2D eigenvalue weighted by Gasteiger charge is -2.08. The first-order chi connectivity index (χ1) is 10.2. The van der Waals surface area contributed by atoms with Gasteiger partial charge < -0.3 is 9.67 Å². The van der Waals surface area contributed by atoms with Crippen LogP contribution in [0.2, 0.25) is 0 Å². The molecular formula is C17H18N2O2. The van der Waals surface area contributed by atoms with E-state index in [-0.39, 0.29) is 5.69 Å². The molecule has 0 fully saturated rings. The number of hydrogen-bond acceptors (Lipinski definition) is 2. The number of aromatic nitrogens is 2. The monoisotopic (exact) mass is 282 g/mol. The van der Waals surface area contributed by atoms with E-state index in [1.165, 1.54) is 0 Å². The van der Waals surface area contributed by atoms with Gasteiger partial charge in [0.2, 0.25) is 0 Å². The summed E-state index contributed by atoms with van der Waals surface area (Å²) < 4.78 is 2.23. The lowest BCUT2D eigenvalue weighted by Crippen LogP contribution is -2.05. The number of carboxylic acids is 1. The van der Waals surface area contributed by atoms with Gasteiger partial charge in [-0.05, 0) is 25.5 Å². The molecule has 1 aromatic carbocycles. The molecule has 4 nitrogen and oxygen atoms in total. The summed E-state index contributed by atoms with van der Waals surface area (Å²) in [7, 11) is 0. The fraction of sp³-hybridized carbons (Fsp3) is 0.294.